The van der Waals surface area contributed by atoms with E-state index in [1.807, 2.05) is 70.2 Å². The zero-order chi connectivity index (χ0) is 34.3. The Morgan fingerprint density at radius 3 is 2.13 bits per heavy atom. The van der Waals surface area contributed by atoms with Gasteiger partial charge in [-0.1, -0.05) is 103 Å². The van der Waals surface area contributed by atoms with E-state index in [2.05, 4.69) is 5.32 Å². The highest BCUT2D eigenvalue weighted by atomic mass is 35.5. The second-order valence-corrected chi connectivity index (χ2v) is 14.9. The highest BCUT2D eigenvalue weighted by molar-refractivity contribution is 7.92. The minimum atomic E-state index is -4.21. The van der Waals surface area contributed by atoms with Gasteiger partial charge in [-0.3, -0.25) is 13.9 Å². The van der Waals surface area contributed by atoms with Crippen molar-refractivity contribution in [2.75, 3.05) is 17.4 Å². The Labute approximate surface area is 288 Å². The molecular weight excluding hydrogens is 653 g/mol. The maximum Gasteiger partial charge on any atom is 0.264 e. The van der Waals surface area contributed by atoms with Gasteiger partial charge in [0.05, 0.1) is 10.6 Å². The van der Waals surface area contributed by atoms with Crippen LogP contribution in [0.25, 0.3) is 0 Å². The molecule has 0 aliphatic carbocycles. The van der Waals surface area contributed by atoms with E-state index in [0.717, 1.165) is 21.0 Å². The third-order valence-electron chi connectivity index (χ3n) is 7.83. The number of halogens is 2. The standard InChI is InChI=1S/C37H41Cl2N3O4S/c1-25(2)22-40-37(44)35(20-29-9-7-6-8-10-29)41(23-30-15-16-31(38)21-33(30)39)36(43)24-42(34-19-27(4)11-14-28(34)5)47(45,46)32-17-12-26(3)13-18-32/h6-19,21,25,35H,20,22-24H2,1-5H3,(H,40,44)/t35-/m1/s1. The average Bonchev–Trinajstić information content (AvgIpc) is 3.03. The van der Waals surface area contributed by atoms with Crippen LogP contribution in [0, 0.1) is 26.7 Å². The van der Waals surface area contributed by atoms with Gasteiger partial charge in [-0.15, -0.1) is 0 Å². The van der Waals surface area contributed by atoms with E-state index in [-0.39, 0.29) is 29.7 Å². The van der Waals surface area contributed by atoms with Gasteiger partial charge in [-0.2, -0.15) is 0 Å². The van der Waals surface area contributed by atoms with Crippen molar-refractivity contribution in [2.24, 2.45) is 5.92 Å². The Morgan fingerprint density at radius 1 is 0.830 bits per heavy atom. The number of sulfonamides is 1. The summed E-state index contributed by atoms with van der Waals surface area (Å²) in [6.07, 6.45) is 0.204. The van der Waals surface area contributed by atoms with Gasteiger partial charge < -0.3 is 10.2 Å². The van der Waals surface area contributed by atoms with Crippen LogP contribution in [0.2, 0.25) is 10.0 Å². The summed E-state index contributed by atoms with van der Waals surface area (Å²) in [5, 5.41) is 3.75. The van der Waals surface area contributed by atoms with Crippen molar-refractivity contribution in [3.05, 3.63) is 129 Å². The molecule has 4 aromatic rings. The highest BCUT2D eigenvalue weighted by Crippen LogP contribution is 2.30. The predicted octanol–water partition coefficient (Wildman–Crippen LogP) is 7.53. The van der Waals surface area contributed by atoms with Crippen molar-refractivity contribution < 1.29 is 18.0 Å². The average molecular weight is 695 g/mol. The van der Waals surface area contributed by atoms with Gasteiger partial charge >= 0.3 is 0 Å². The molecule has 248 valence electrons. The number of hydrogen-bond acceptors (Lipinski definition) is 4. The minimum Gasteiger partial charge on any atom is -0.354 e. The fourth-order valence-corrected chi connectivity index (χ4v) is 7.09. The van der Waals surface area contributed by atoms with Crippen LogP contribution in [0.15, 0.2) is 95.9 Å². The Balaban J connectivity index is 1.85. The molecule has 1 atom stereocenters. The minimum absolute atomic E-state index is 0.0490. The maximum absolute atomic E-state index is 14.7. The summed E-state index contributed by atoms with van der Waals surface area (Å²) >= 11 is 12.8. The fraction of sp³-hybridized carbons (Fsp3) is 0.297. The molecule has 0 saturated heterocycles. The fourth-order valence-electron chi connectivity index (χ4n) is 5.15. The number of benzene rings is 4. The number of hydrogen-bond donors (Lipinski definition) is 1. The molecule has 4 rings (SSSR count). The van der Waals surface area contributed by atoms with Gasteiger partial charge in [0.15, 0.2) is 0 Å². The van der Waals surface area contributed by atoms with Crippen molar-refractivity contribution in [3.8, 4) is 0 Å². The van der Waals surface area contributed by atoms with Crippen LogP contribution in [0.5, 0.6) is 0 Å². The molecule has 0 aliphatic rings. The van der Waals surface area contributed by atoms with E-state index >= 15 is 0 Å². The van der Waals surface area contributed by atoms with Crippen LogP contribution in [-0.4, -0.2) is 44.3 Å². The Morgan fingerprint density at radius 2 is 1.49 bits per heavy atom. The van der Waals surface area contributed by atoms with E-state index in [1.165, 1.54) is 17.0 Å². The van der Waals surface area contributed by atoms with E-state index in [9.17, 15) is 18.0 Å². The molecular formula is C37H41Cl2N3O4S. The number of aryl methyl sites for hydroxylation is 3. The van der Waals surface area contributed by atoms with Gasteiger partial charge in [0.1, 0.15) is 12.6 Å². The van der Waals surface area contributed by atoms with Crippen LogP contribution in [0.4, 0.5) is 5.69 Å². The topological polar surface area (TPSA) is 86.8 Å². The monoisotopic (exact) mass is 693 g/mol. The maximum atomic E-state index is 14.7. The van der Waals surface area contributed by atoms with Gasteiger partial charge in [0.2, 0.25) is 11.8 Å². The summed E-state index contributed by atoms with van der Waals surface area (Å²) in [4.78, 5) is 30.1. The quantitative estimate of drug-likeness (QED) is 0.157. The van der Waals surface area contributed by atoms with Crippen molar-refractivity contribution >= 4 is 50.7 Å². The second kappa shape index (κ2) is 15.8. The van der Waals surface area contributed by atoms with Crippen molar-refractivity contribution in [3.63, 3.8) is 0 Å². The first-order chi connectivity index (χ1) is 22.3. The lowest BCUT2D eigenvalue weighted by atomic mass is 10.0. The third kappa shape index (κ3) is 9.37. The van der Waals surface area contributed by atoms with Gasteiger partial charge in [0, 0.05) is 29.6 Å². The van der Waals surface area contributed by atoms with Gasteiger partial charge in [0.25, 0.3) is 10.0 Å². The normalized spacial score (nSPS) is 12.1. The summed E-state index contributed by atoms with van der Waals surface area (Å²) in [6.45, 7) is 9.33. The Bertz CT molecular complexity index is 1810. The number of anilines is 1. The lowest BCUT2D eigenvalue weighted by Gasteiger charge is -2.34. The first kappa shape index (κ1) is 36.0. The Kier molecular flexibility index (Phi) is 12.1. The third-order valence-corrected chi connectivity index (χ3v) is 10.2. The molecule has 47 heavy (non-hydrogen) atoms. The van der Waals surface area contributed by atoms with Gasteiger partial charge in [-0.05, 0) is 79.3 Å². The number of amides is 2. The largest absolute Gasteiger partial charge is 0.354 e. The van der Waals surface area contributed by atoms with E-state index < -0.39 is 28.5 Å². The molecule has 1 N–H and O–H groups in total. The molecule has 4 aromatic carbocycles. The van der Waals surface area contributed by atoms with Crippen molar-refractivity contribution in [1.82, 2.24) is 10.2 Å². The van der Waals surface area contributed by atoms with Crippen LogP contribution >= 0.6 is 23.2 Å². The molecule has 2 amide bonds. The number of carbonyl (C=O) groups excluding carboxylic acids is 2. The molecule has 0 heterocycles. The van der Waals surface area contributed by atoms with Crippen LogP contribution in [-0.2, 0) is 32.6 Å². The lowest BCUT2D eigenvalue weighted by Crippen LogP contribution is -2.53. The zero-order valence-corrected chi connectivity index (χ0v) is 29.7. The van der Waals surface area contributed by atoms with E-state index in [1.54, 1.807) is 43.3 Å². The van der Waals surface area contributed by atoms with Crippen LogP contribution in [0.3, 0.4) is 0 Å². The summed E-state index contributed by atoms with van der Waals surface area (Å²) in [5.41, 5.74) is 4.21. The molecule has 7 nitrogen and oxygen atoms in total. The number of rotatable bonds is 13. The smallest absolute Gasteiger partial charge is 0.264 e. The highest BCUT2D eigenvalue weighted by Gasteiger charge is 2.35. The van der Waals surface area contributed by atoms with E-state index in [0.29, 0.717) is 33.4 Å². The first-order valence-electron chi connectivity index (χ1n) is 15.5. The zero-order valence-electron chi connectivity index (χ0n) is 27.3. The van der Waals surface area contributed by atoms with Crippen LogP contribution in [0.1, 0.15) is 41.7 Å². The molecule has 0 unspecified atom stereocenters. The summed E-state index contributed by atoms with van der Waals surface area (Å²) in [7, 11) is -4.21. The molecule has 10 heteroatoms. The predicted molar refractivity (Wildman–Crippen MR) is 190 cm³/mol. The first-order valence-corrected chi connectivity index (χ1v) is 17.7. The molecule has 0 saturated carbocycles. The SMILES string of the molecule is Cc1ccc(S(=O)(=O)N(CC(=O)N(Cc2ccc(Cl)cc2Cl)[C@H](Cc2ccccc2)C(=O)NCC(C)C)c2cc(C)ccc2C)cc1. The molecule has 0 spiro atoms. The van der Waals surface area contributed by atoms with Gasteiger partial charge in [-0.25, -0.2) is 8.42 Å². The summed E-state index contributed by atoms with van der Waals surface area (Å²) < 4.78 is 29.8. The number of nitrogens with zero attached hydrogens (tertiary/aromatic N) is 2. The Hall–Kier alpha value is -3.85. The molecule has 0 fully saturated rings. The summed E-state index contributed by atoms with van der Waals surface area (Å²) in [5.74, 6) is -0.737. The van der Waals surface area contributed by atoms with Crippen LogP contribution < -0.4 is 9.62 Å². The summed E-state index contributed by atoms with van der Waals surface area (Å²) in [6, 6.07) is 25.4. The lowest BCUT2D eigenvalue weighted by molar-refractivity contribution is -0.140. The molecule has 0 aromatic heterocycles. The number of nitrogens with one attached hydrogen (secondary N) is 1. The van der Waals surface area contributed by atoms with E-state index in [4.69, 9.17) is 23.2 Å². The molecule has 0 radical (unpaired) electrons. The number of carbonyl (C=O) groups is 2. The van der Waals surface area contributed by atoms with Crippen molar-refractivity contribution in [2.45, 2.75) is 58.5 Å². The second-order valence-electron chi connectivity index (χ2n) is 12.2. The van der Waals surface area contributed by atoms with Crippen molar-refractivity contribution in [1.29, 1.82) is 0 Å². The molecule has 0 aliphatic heterocycles. The molecule has 0 bridgehead atoms.